The third-order valence-electron chi connectivity index (χ3n) is 18.3. The van der Waals surface area contributed by atoms with Gasteiger partial charge in [-0.25, -0.2) is 29.9 Å². The smallest absolute Gasteiger partial charge is 0.164 e. The molecule has 0 atom stereocenters. The van der Waals surface area contributed by atoms with Crippen molar-refractivity contribution in [1.29, 1.82) is 0 Å². The van der Waals surface area contributed by atoms with Gasteiger partial charge in [-0.2, -0.15) is 0 Å². The van der Waals surface area contributed by atoms with E-state index in [1.165, 1.54) is 0 Å². The van der Waals surface area contributed by atoms with E-state index < -0.39 is 0 Å². The van der Waals surface area contributed by atoms with E-state index in [0.717, 1.165) is 155 Å². The second-order valence-corrected chi connectivity index (χ2v) is 27.9. The third-order valence-corrected chi connectivity index (χ3v) is 19.9. The Morgan fingerprint density at radius 2 is 0.374 bits per heavy atom. The summed E-state index contributed by atoms with van der Waals surface area (Å²) in [4.78, 5) is 36.3. The molecule has 0 saturated heterocycles. The summed E-state index contributed by atoms with van der Waals surface area (Å²) in [6.07, 6.45) is 0. The van der Waals surface area contributed by atoms with Crippen LogP contribution in [0.4, 0.5) is 62.6 Å². The number of fused-ring (bicyclic) bond motifs is 8. The molecule has 0 fully saturated rings. The summed E-state index contributed by atoms with van der Waals surface area (Å²) in [5, 5.41) is 3.32. The molecule has 0 amide bonds. The molecule has 14 nitrogen and oxygen atoms in total. The molecule has 0 spiro atoms. The average molecular weight is 1580 g/mol. The Labute approximate surface area is 641 Å². The lowest BCUT2D eigenvalue weighted by molar-refractivity contribution is 0.477. The van der Waals surface area contributed by atoms with Gasteiger partial charge in [0.25, 0.3) is 0 Å². The Hall–Kier alpha value is -13.1. The molecule has 0 aliphatic carbocycles. The molecule has 4 aliphatic heterocycles. The molecular weight excluding hydrogens is 1520 g/mol. The minimum absolute atomic E-state index is 0.560. The van der Waals surface area contributed by atoms with Gasteiger partial charge in [-0.1, -0.05) is 181 Å². The average Bonchev–Trinajstić information content (AvgIpc) is 0.768. The van der Waals surface area contributed by atoms with Crippen molar-refractivity contribution in [3.05, 3.63) is 353 Å². The van der Waals surface area contributed by atoms with Gasteiger partial charge in [0.15, 0.2) is 80.9 Å². The van der Waals surface area contributed by atoms with Crippen LogP contribution >= 0.6 is 47.8 Å². The number of ether oxygens (including phenoxy) is 4. The fourth-order valence-electron chi connectivity index (χ4n) is 13.1. The van der Waals surface area contributed by atoms with Gasteiger partial charge in [-0.15, -0.1) is 0 Å². The topological polar surface area (TPSA) is 136 Å². The number of nitrogens with zero attached hydrogens (tertiary/aromatic N) is 9. The summed E-state index contributed by atoms with van der Waals surface area (Å²) < 4.78 is 27.6. The van der Waals surface area contributed by atoms with Crippen LogP contribution in [0.5, 0.6) is 46.0 Å². The first kappa shape index (κ1) is 65.9. The lowest BCUT2D eigenvalue weighted by atomic mass is 10.1. The third kappa shape index (κ3) is 13.5. The monoisotopic (exact) mass is 1580 g/mol. The lowest BCUT2D eigenvalue weighted by Crippen LogP contribution is -2.15. The SMILES string of the molecule is Brc1ccc(-c2nc(-c3ccc(Br)cc3)nc(-c3ccc(Br)cc3)n2)cc1.c1ccc2c(c1)Nc1ccccc1O2.c1ccc2c(c1)Oc1ccccc1N2c1ccc(-c2nc(-c3ccc(N4c5ccccc5Oc5ccccc54)cc3)nc(-c3ccc(N4c5ccccc5Oc5ccccc54)cc3)n2)cc1. The Morgan fingerprint density at radius 1 is 0.196 bits per heavy atom. The number of rotatable bonds is 9. The number of anilines is 11. The molecule has 0 saturated carbocycles. The van der Waals surface area contributed by atoms with Gasteiger partial charge in [0.2, 0.25) is 0 Å². The van der Waals surface area contributed by atoms with Crippen LogP contribution in [-0.2, 0) is 0 Å². The van der Waals surface area contributed by atoms with Crippen molar-refractivity contribution in [1.82, 2.24) is 29.9 Å². The van der Waals surface area contributed by atoms with Gasteiger partial charge in [0.1, 0.15) is 0 Å². The molecule has 512 valence electrons. The molecule has 0 bridgehead atoms. The fraction of sp³-hybridized carbons (Fsp3) is 0. The predicted molar refractivity (Wildman–Crippen MR) is 436 cm³/mol. The second kappa shape index (κ2) is 28.9. The van der Waals surface area contributed by atoms with E-state index in [4.69, 9.17) is 48.9 Å². The molecule has 20 rings (SSSR count). The van der Waals surface area contributed by atoms with E-state index in [0.29, 0.717) is 34.9 Å². The lowest BCUT2D eigenvalue weighted by Gasteiger charge is -2.32. The summed E-state index contributed by atoms with van der Waals surface area (Å²) >= 11 is 10.4. The summed E-state index contributed by atoms with van der Waals surface area (Å²) in [6.45, 7) is 0. The molecule has 17 heteroatoms. The van der Waals surface area contributed by atoms with E-state index in [1.807, 2.05) is 231 Å². The van der Waals surface area contributed by atoms with Gasteiger partial charge in [-0.05, 0) is 206 Å². The summed E-state index contributed by atoms with van der Waals surface area (Å²) in [6, 6.07) is 113. The summed E-state index contributed by atoms with van der Waals surface area (Å²) in [5.41, 5.74) is 16.2. The Balaban J connectivity index is 0.000000160. The summed E-state index contributed by atoms with van der Waals surface area (Å²) in [7, 11) is 0. The number of nitrogens with one attached hydrogen (secondary N) is 1. The highest BCUT2D eigenvalue weighted by Crippen LogP contribution is 2.54. The van der Waals surface area contributed by atoms with Crippen molar-refractivity contribution < 1.29 is 18.9 Å². The van der Waals surface area contributed by atoms with Crippen LogP contribution in [0.15, 0.2) is 353 Å². The number of halogens is 3. The van der Waals surface area contributed by atoms with Crippen LogP contribution in [0, 0.1) is 0 Å². The van der Waals surface area contributed by atoms with Crippen molar-refractivity contribution in [2.24, 2.45) is 0 Å². The van der Waals surface area contributed by atoms with Gasteiger partial charge < -0.3 is 39.0 Å². The normalized spacial score (nSPS) is 12.2. The van der Waals surface area contributed by atoms with Gasteiger partial charge in [0, 0.05) is 63.9 Å². The van der Waals surface area contributed by atoms with Crippen LogP contribution in [0.2, 0.25) is 0 Å². The Bertz CT molecular complexity index is 5240. The first-order valence-electron chi connectivity index (χ1n) is 34.4. The van der Waals surface area contributed by atoms with E-state index >= 15 is 0 Å². The highest BCUT2D eigenvalue weighted by atomic mass is 79.9. The maximum atomic E-state index is 6.29. The van der Waals surface area contributed by atoms with E-state index in [1.54, 1.807) is 0 Å². The van der Waals surface area contributed by atoms with E-state index in [2.05, 4.69) is 177 Å². The van der Waals surface area contributed by atoms with Crippen molar-refractivity contribution >= 4 is 110 Å². The van der Waals surface area contributed by atoms with Crippen molar-refractivity contribution in [3.63, 3.8) is 0 Å². The first-order chi connectivity index (χ1) is 52.7. The zero-order chi connectivity index (χ0) is 71.7. The quantitative estimate of drug-likeness (QED) is 0.147. The minimum atomic E-state index is 0.560. The minimum Gasteiger partial charge on any atom is -0.453 e. The molecule has 4 aliphatic rings. The van der Waals surface area contributed by atoms with Crippen molar-refractivity contribution in [3.8, 4) is 114 Å². The highest BCUT2D eigenvalue weighted by molar-refractivity contribution is 9.11. The number of benzene rings is 14. The zero-order valence-corrected chi connectivity index (χ0v) is 61.4. The molecule has 0 unspecified atom stereocenters. The first-order valence-corrected chi connectivity index (χ1v) is 36.8. The molecule has 16 aromatic rings. The van der Waals surface area contributed by atoms with Gasteiger partial charge >= 0.3 is 0 Å². The van der Waals surface area contributed by atoms with Gasteiger partial charge in [0.05, 0.1) is 45.5 Å². The van der Waals surface area contributed by atoms with E-state index in [9.17, 15) is 0 Å². The molecule has 6 heterocycles. The van der Waals surface area contributed by atoms with Crippen LogP contribution < -0.4 is 39.0 Å². The number of para-hydroxylation sites is 16. The van der Waals surface area contributed by atoms with Crippen LogP contribution in [-0.4, -0.2) is 29.9 Å². The largest absolute Gasteiger partial charge is 0.453 e. The molecule has 1 N–H and O–H groups in total. The van der Waals surface area contributed by atoms with Crippen LogP contribution in [0.3, 0.4) is 0 Å². The molecule has 2 aromatic heterocycles. The Morgan fingerprint density at radius 3 is 0.598 bits per heavy atom. The fourth-order valence-corrected chi connectivity index (χ4v) is 13.9. The van der Waals surface area contributed by atoms with Crippen LogP contribution in [0.1, 0.15) is 0 Å². The number of hydrogen-bond donors (Lipinski definition) is 1. The molecule has 14 aromatic carbocycles. The van der Waals surface area contributed by atoms with Crippen molar-refractivity contribution in [2.75, 3.05) is 20.0 Å². The van der Waals surface area contributed by atoms with E-state index in [-0.39, 0.29) is 0 Å². The number of hydrogen-bond acceptors (Lipinski definition) is 14. The Kier molecular flexibility index (Phi) is 17.8. The number of aromatic nitrogens is 6. The maximum Gasteiger partial charge on any atom is 0.164 e. The second-order valence-electron chi connectivity index (χ2n) is 25.1. The molecular formula is C90H57Br3N10O4. The highest BCUT2D eigenvalue weighted by Gasteiger charge is 2.30. The predicted octanol–water partition coefficient (Wildman–Crippen LogP) is 26.3. The standard InChI is InChI=1S/C57H36N6O3.C21H12Br3N3.C12H9NO/c1-7-19-49-43(13-1)61(44-14-2-8-20-50(44)64-49)40-31-25-37(26-32-40)55-58-56(38-27-33-41(34-28-38)62-45-15-3-9-21-51(45)65-52-22-10-4-16-46(52)62)60-57(59-55)39-29-35-42(36-30-39)63-47-17-5-11-23-53(47)66-54-24-12-6-18-48(54)63;22-16-7-1-13(2-8-16)19-25-20(14-3-9-17(23)10-4-14)27-21(26-19)15-5-11-18(24)12-6-15;1-3-7-11-9(5-1)13-10-6-2-4-8-12(10)14-11/h1-36H;1-12H;1-8,13H. The molecule has 107 heavy (non-hydrogen) atoms. The van der Waals surface area contributed by atoms with Crippen LogP contribution in [0.25, 0.3) is 68.3 Å². The zero-order valence-electron chi connectivity index (χ0n) is 56.6. The maximum absolute atomic E-state index is 6.29. The summed E-state index contributed by atoms with van der Waals surface area (Å²) in [5.74, 6) is 10.2. The van der Waals surface area contributed by atoms with Gasteiger partial charge in [-0.3, -0.25) is 0 Å². The molecule has 0 radical (unpaired) electrons. The van der Waals surface area contributed by atoms with Crippen molar-refractivity contribution in [2.45, 2.75) is 0 Å².